The molecule has 0 aliphatic carbocycles. The van der Waals surface area contributed by atoms with E-state index in [1.165, 1.54) is 14.2 Å². The Hall–Kier alpha value is -0.963. The molecule has 0 saturated carbocycles. The number of hydrogen-bond donors (Lipinski definition) is 0. The summed E-state index contributed by atoms with van der Waals surface area (Å²) in [6, 6.07) is 0.600. The molecule has 0 N–H and O–H groups in total. The van der Waals surface area contributed by atoms with Gasteiger partial charge in [0, 0.05) is 20.8 Å². The molecule has 0 unspecified atom stereocenters. The van der Waals surface area contributed by atoms with Crippen molar-refractivity contribution < 1.29 is 30.8 Å². The van der Waals surface area contributed by atoms with Gasteiger partial charge in [-0.25, -0.2) is 17.6 Å². The summed E-state index contributed by atoms with van der Waals surface area (Å²) < 4.78 is 66.3. The number of rotatable bonds is 6. The maximum Gasteiger partial charge on any atom is 0.577 e. The molecule has 0 amide bonds. The van der Waals surface area contributed by atoms with Crippen molar-refractivity contribution in [2.24, 2.45) is 0 Å². The summed E-state index contributed by atoms with van der Waals surface area (Å²) in [5, 5.41) is 0. The van der Waals surface area contributed by atoms with Crippen molar-refractivity contribution in [3.8, 4) is 0 Å². The molecule has 0 atom stereocenters. The summed E-state index contributed by atoms with van der Waals surface area (Å²) in [6.07, 6.45) is -0.124. The van der Waals surface area contributed by atoms with Crippen molar-refractivity contribution >= 4 is 9.53 Å². The molecule has 1 aromatic carbocycles. The third-order valence-corrected chi connectivity index (χ3v) is 3.21. The Morgan fingerprint density at radius 3 is 2.17 bits per heavy atom. The quantitative estimate of drug-likeness (QED) is 0.346. The molecule has 101 valence electrons. The molecule has 8 heteroatoms. The number of hydrogen-bond acceptors (Lipinski definition) is 3. The van der Waals surface area contributed by atoms with Crippen LogP contribution in [0.2, 0.25) is 0 Å². The van der Waals surface area contributed by atoms with Crippen molar-refractivity contribution in [1.82, 2.24) is 0 Å². The third kappa shape index (κ3) is 3.51. The van der Waals surface area contributed by atoms with Crippen LogP contribution in [0, 0.1) is 23.3 Å². The predicted octanol–water partition coefficient (Wildman–Crippen LogP) is 2.08. The van der Waals surface area contributed by atoms with E-state index in [1.807, 2.05) is 0 Å². The minimum absolute atomic E-state index is 0.0581. The van der Waals surface area contributed by atoms with Crippen LogP contribution < -0.4 is 0 Å². The van der Waals surface area contributed by atoms with E-state index < -0.39 is 32.8 Å². The average molecular weight is 283 g/mol. The highest BCUT2D eigenvalue weighted by Crippen LogP contribution is 2.19. The second-order valence-corrected chi connectivity index (χ2v) is 4.82. The van der Waals surface area contributed by atoms with E-state index in [0.29, 0.717) is 6.07 Å². The van der Waals surface area contributed by atoms with Gasteiger partial charge in [0.2, 0.25) is 0 Å². The zero-order valence-corrected chi connectivity index (χ0v) is 10.7. The van der Waals surface area contributed by atoms with Gasteiger partial charge in [-0.15, -0.1) is 0 Å². The maximum absolute atomic E-state index is 13.2. The summed E-state index contributed by atoms with van der Waals surface area (Å²) >= 11 is 0. The molecule has 0 spiro atoms. The van der Waals surface area contributed by atoms with E-state index in [2.05, 4.69) is 0 Å². The van der Waals surface area contributed by atoms with Crippen LogP contribution in [0.5, 0.6) is 0 Å². The molecule has 0 heterocycles. The Morgan fingerprint density at radius 2 is 1.61 bits per heavy atom. The molecule has 1 rings (SSSR count). The minimum atomic E-state index is -1.92. The van der Waals surface area contributed by atoms with Crippen LogP contribution in [-0.4, -0.2) is 30.4 Å². The summed E-state index contributed by atoms with van der Waals surface area (Å²) in [6.45, 7) is -0.0581. The van der Waals surface area contributed by atoms with Gasteiger partial charge in [0.25, 0.3) is 0 Å². The molecule has 0 aliphatic rings. The molecule has 1 radical (unpaired) electrons. The monoisotopic (exact) mass is 283 g/mol. The smallest absolute Gasteiger partial charge is 0.375 e. The normalized spacial score (nSPS) is 11.3. The van der Waals surface area contributed by atoms with Gasteiger partial charge in [0.1, 0.15) is 0 Å². The van der Waals surface area contributed by atoms with E-state index in [1.54, 1.807) is 0 Å². The van der Waals surface area contributed by atoms with Gasteiger partial charge in [-0.05, 0) is 18.1 Å². The average Bonchev–Trinajstić information content (AvgIpc) is 2.38. The van der Waals surface area contributed by atoms with E-state index in [0.717, 1.165) is 0 Å². The Labute approximate surface area is 103 Å². The first-order valence-corrected chi connectivity index (χ1v) is 6.13. The van der Waals surface area contributed by atoms with Gasteiger partial charge in [0.15, 0.2) is 23.3 Å². The zero-order valence-electron chi connectivity index (χ0n) is 9.73. The van der Waals surface area contributed by atoms with Crippen LogP contribution >= 0.6 is 0 Å². The van der Waals surface area contributed by atoms with Crippen molar-refractivity contribution in [2.45, 2.75) is 6.42 Å². The van der Waals surface area contributed by atoms with Crippen LogP contribution in [0.25, 0.3) is 0 Å². The van der Waals surface area contributed by atoms with E-state index in [4.69, 9.17) is 13.3 Å². The predicted molar refractivity (Wildman–Crippen MR) is 55.7 cm³/mol. The molecule has 0 aromatic heterocycles. The summed E-state index contributed by atoms with van der Waals surface area (Å²) in [4.78, 5) is 0. The molecule has 0 bridgehead atoms. The molecule has 18 heavy (non-hydrogen) atoms. The van der Waals surface area contributed by atoms with Crippen LogP contribution in [0.15, 0.2) is 6.07 Å². The van der Waals surface area contributed by atoms with Crippen LogP contribution in [-0.2, 0) is 19.7 Å². The van der Waals surface area contributed by atoms with Crippen LogP contribution in [0.4, 0.5) is 17.6 Å². The number of benzene rings is 1. The van der Waals surface area contributed by atoms with Gasteiger partial charge in [0.05, 0.1) is 0 Å². The maximum atomic E-state index is 13.2. The van der Waals surface area contributed by atoms with Gasteiger partial charge >= 0.3 is 9.53 Å². The highest BCUT2D eigenvalue weighted by Gasteiger charge is 2.20. The Balaban J connectivity index is 2.68. The molecule has 1 aromatic rings. The second-order valence-electron chi connectivity index (χ2n) is 3.22. The SMILES string of the molecule is CO[Si](OC)OCCc1cc(F)c(F)c(F)c1F. The largest absolute Gasteiger partial charge is 0.577 e. The Kier molecular flexibility index (Phi) is 5.73. The minimum Gasteiger partial charge on any atom is -0.375 e. The lowest BCUT2D eigenvalue weighted by Crippen LogP contribution is -2.25. The first kappa shape index (κ1) is 15.1. The molecule has 0 saturated heterocycles. The summed E-state index contributed by atoms with van der Waals surface area (Å²) in [5.41, 5.74) is -0.306. The van der Waals surface area contributed by atoms with Crippen molar-refractivity contribution in [3.05, 3.63) is 34.9 Å². The van der Waals surface area contributed by atoms with Crippen molar-refractivity contribution in [3.63, 3.8) is 0 Å². The topological polar surface area (TPSA) is 27.7 Å². The zero-order chi connectivity index (χ0) is 13.7. The lowest BCUT2D eigenvalue weighted by Gasteiger charge is -2.10. The first-order valence-electron chi connectivity index (χ1n) is 4.90. The molecular formula is C10H11F4O3Si. The van der Waals surface area contributed by atoms with Gasteiger partial charge in [-0.2, -0.15) is 0 Å². The second kappa shape index (κ2) is 6.83. The fraction of sp³-hybridized carbons (Fsp3) is 0.400. The molecular weight excluding hydrogens is 272 g/mol. The van der Waals surface area contributed by atoms with Gasteiger partial charge < -0.3 is 13.3 Å². The van der Waals surface area contributed by atoms with Crippen LogP contribution in [0.3, 0.4) is 0 Å². The molecule has 3 nitrogen and oxygen atoms in total. The Morgan fingerprint density at radius 1 is 1.00 bits per heavy atom. The highest BCUT2D eigenvalue weighted by molar-refractivity contribution is 6.36. The van der Waals surface area contributed by atoms with E-state index in [9.17, 15) is 17.6 Å². The fourth-order valence-electron chi connectivity index (χ4n) is 1.25. The lowest BCUT2D eigenvalue weighted by atomic mass is 10.1. The summed E-state index contributed by atoms with van der Waals surface area (Å²) in [7, 11) is 0.824. The number of halogens is 4. The van der Waals surface area contributed by atoms with Crippen molar-refractivity contribution in [1.29, 1.82) is 0 Å². The van der Waals surface area contributed by atoms with E-state index >= 15 is 0 Å². The first-order chi connectivity index (χ1) is 8.51. The fourth-order valence-corrected chi connectivity index (χ4v) is 1.92. The van der Waals surface area contributed by atoms with Gasteiger partial charge in [-0.1, -0.05) is 0 Å². The van der Waals surface area contributed by atoms with E-state index in [-0.39, 0.29) is 18.6 Å². The standard InChI is InChI=1S/C10H11F4O3Si/c1-15-18(16-2)17-4-3-6-5-7(11)9(13)10(14)8(6)12/h5H,3-4H2,1-2H3. The Bertz CT molecular complexity index is 413. The van der Waals surface area contributed by atoms with Gasteiger partial charge in [-0.3, -0.25) is 0 Å². The summed E-state index contributed by atoms with van der Waals surface area (Å²) in [5.74, 6) is -6.50. The molecule has 0 aliphatic heterocycles. The third-order valence-electron chi connectivity index (χ3n) is 2.10. The van der Waals surface area contributed by atoms with Crippen molar-refractivity contribution in [2.75, 3.05) is 20.8 Å². The lowest BCUT2D eigenvalue weighted by molar-refractivity contribution is 0.136. The van der Waals surface area contributed by atoms with Crippen LogP contribution in [0.1, 0.15) is 5.56 Å². The highest BCUT2D eigenvalue weighted by atomic mass is 28.3. The molecule has 0 fully saturated rings.